The lowest BCUT2D eigenvalue weighted by molar-refractivity contribution is 0.176. The Hall–Kier alpha value is -0.830. The van der Waals surface area contributed by atoms with Crippen molar-refractivity contribution in [3.63, 3.8) is 0 Å². The van der Waals surface area contributed by atoms with Gasteiger partial charge in [-0.1, -0.05) is 12.0 Å². The molecule has 0 aromatic carbocycles. The number of hydrogen-bond donors (Lipinski definition) is 0. The van der Waals surface area contributed by atoms with E-state index in [0.717, 1.165) is 31.9 Å². The first-order valence-corrected chi connectivity index (χ1v) is 6.42. The van der Waals surface area contributed by atoms with Crippen molar-refractivity contribution in [1.29, 1.82) is 0 Å². The molecule has 0 spiro atoms. The van der Waals surface area contributed by atoms with Gasteiger partial charge in [0.15, 0.2) is 5.90 Å². The lowest BCUT2D eigenvalue weighted by atomic mass is 10.1. The molecule has 0 aromatic heterocycles. The van der Waals surface area contributed by atoms with Crippen molar-refractivity contribution >= 4 is 5.90 Å². The summed E-state index contributed by atoms with van der Waals surface area (Å²) in [6.07, 6.45) is 8.10. The third kappa shape index (κ3) is 3.63. The molecule has 0 amide bonds. The molecule has 3 heteroatoms. The molecule has 0 atom stereocenters. The predicted molar refractivity (Wildman–Crippen MR) is 66.7 cm³/mol. The highest BCUT2D eigenvalue weighted by Gasteiger charge is 2.11. The molecule has 1 saturated heterocycles. The zero-order valence-electron chi connectivity index (χ0n) is 10.2. The van der Waals surface area contributed by atoms with Crippen molar-refractivity contribution in [2.24, 2.45) is 4.99 Å². The molecule has 2 aliphatic rings. The largest absolute Gasteiger partial charge is 0.479 e. The summed E-state index contributed by atoms with van der Waals surface area (Å²) in [5, 5.41) is 0. The van der Waals surface area contributed by atoms with Gasteiger partial charge >= 0.3 is 0 Å². The Labute approximate surface area is 98.2 Å². The Morgan fingerprint density at radius 2 is 2.06 bits per heavy atom. The Morgan fingerprint density at radius 3 is 2.75 bits per heavy atom. The van der Waals surface area contributed by atoms with Gasteiger partial charge in [-0.3, -0.25) is 4.90 Å². The third-order valence-corrected chi connectivity index (χ3v) is 3.29. The van der Waals surface area contributed by atoms with Gasteiger partial charge in [-0.05, 0) is 39.3 Å². The predicted octanol–water partition coefficient (Wildman–Crippen LogP) is 2.59. The highest BCUT2D eigenvalue weighted by atomic mass is 16.5. The van der Waals surface area contributed by atoms with E-state index in [-0.39, 0.29) is 0 Å². The highest BCUT2D eigenvalue weighted by Crippen LogP contribution is 2.12. The van der Waals surface area contributed by atoms with Crippen molar-refractivity contribution in [3.8, 4) is 0 Å². The van der Waals surface area contributed by atoms with Gasteiger partial charge in [0.2, 0.25) is 0 Å². The summed E-state index contributed by atoms with van der Waals surface area (Å²) in [6.45, 7) is 6.46. The Morgan fingerprint density at radius 1 is 1.25 bits per heavy atom. The van der Waals surface area contributed by atoms with E-state index < -0.39 is 0 Å². The van der Waals surface area contributed by atoms with Crippen LogP contribution in [0.15, 0.2) is 16.8 Å². The smallest absolute Gasteiger partial charge is 0.188 e. The summed E-state index contributed by atoms with van der Waals surface area (Å²) in [6, 6.07) is 0. The van der Waals surface area contributed by atoms with E-state index in [1.807, 2.05) is 6.20 Å². The van der Waals surface area contributed by atoms with E-state index in [9.17, 15) is 0 Å². The molecular weight excluding hydrogens is 200 g/mol. The van der Waals surface area contributed by atoms with Crippen LogP contribution in [0.3, 0.4) is 0 Å². The van der Waals surface area contributed by atoms with Crippen LogP contribution in [0.4, 0.5) is 0 Å². The molecule has 0 unspecified atom stereocenters. The number of likely N-dealkylation sites (tertiary alicyclic amines) is 1. The molecule has 2 aliphatic heterocycles. The molecule has 0 aromatic rings. The number of nitrogens with zero attached hydrogens (tertiary/aromatic N) is 2. The van der Waals surface area contributed by atoms with Crippen LogP contribution >= 0.6 is 0 Å². The maximum absolute atomic E-state index is 5.70. The molecule has 3 nitrogen and oxygen atoms in total. The van der Waals surface area contributed by atoms with Crippen molar-refractivity contribution in [2.45, 2.75) is 39.0 Å². The number of rotatable bonds is 3. The molecule has 90 valence electrons. The van der Waals surface area contributed by atoms with E-state index in [1.54, 1.807) is 0 Å². The summed E-state index contributed by atoms with van der Waals surface area (Å²) in [7, 11) is 0. The van der Waals surface area contributed by atoms with Gasteiger partial charge in [0.05, 0.1) is 0 Å². The van der Waals surface area contributed by atoms with Crippen molar-refractivity contribution < 1.29 is 4.74 Å². The molecule has 0 bridgehead atoms. The fourth-order valence-corrected chi connectivity index (χ4v) is 2.20. The van der Waals surface area contributed by atoms with E-state index in [1.165, 1.54) is 37.9 Å². The Balaban J connectivity index is 1.64. The quantitative estimate of drug-likeness (QED) is 0.733. The van der Waals surface area contributed by atoms with Crippen LogP contribution in [0, 0.1) is 0 Å². The molecule has 0 aliphatic carbocycles. The molecule has 2 heterocycles. The number of aliphatic imine (C=N–C) groups is 1. The van der Waals surface area contributed by atoms with Gasteiger partial charge < -0.3 is 4.74 Å². The topological polar surface area (TPSA) is 24.8 Å². The van der Waals surface area contributed by atoms with E-state index in [0.29, 0.717) is 0 Å². The van der Waals surface area contributed by atoms with Crippen molar-refractivity contribution in [2.75, 3.05) is 26.2 Å². The molecule has 16 heavy (non-hydrogen) atoms. The fourth-order valence-electron chi connectivity index (χ4n) is 2.20. The molecule has 0 N–H and O–H groups in total. The van der Waals surface area contributed by atoms with Crippen LogP contribution in [-0.4, -0.2) is 37.0 Å². The molecule has 2 rings (SSSR count). The standard InChI is InChI=1S/C13H22N2O/c1-12-5-6-13(14-11-12)16-10-9-15-7-3-2-4-8-15/h11H,2-10H2,1H3. The summed E-state index contributed by atoms with van der Waals surface area (Å²) in [4.78, 5) is 6.80. The minimum Gasteiger partial charge on any atom is -0.479 e. The number of ether oxygens (including phenoxy) is 1. The summed E-state index contributed by atoms with van der Waals surface area (Å²) < 4.78 is 5.70. The average molecular weight is 222 g/mol. The second-order valence-electron chi connectivity index (χ2n) is 4.75. The Bertz CT molecular complexity index is 278. The number of piperidine rings is 1. The normalized spacial score (nSPS) is 22.6. The first-order chi connectivity index (χ1) is 7.84. The molecular formula is C13H22N2O. The van der Waals surface area contributed by atoms with Gasteiger partial charge in [0.1, 0.15) is 6.61 Å². The minimum absolute atomic E-state index is 0.797. The summed E-state index contributed by atoms with van der Waals surface area (Å²) in [5.74, 6) is 0.919. The van der Waals surface area contributed by atoms with E-state index in [2.05, 4.69) is 16.8 Å². The van der Waals surface area contributed by atoms with Gasteiger partial charge in [-0.25, -0.2) is 4.99 Å². The minimum atomic E-state index is 0.797. The maximum Gasteiger partial charge on any atom is 0.188 e. The second kappa shape index (κ2) is 6.04. The van der Waals surface area contributed by atoms with Crippen LogP contribution in [0.1, 0.15) is 39.0 Å². The van der Waals surface area contributed by atoms with E-state index >= 15 is 0 Å². The van der Waals surface area contributed by atoms with Gasteiger partial charge in [0.25, 0.3) is 0 Å². The first kappa shape index (κ1) is 11.6. The molecule has 0 saturated carbocycles. The van der Waals surface area contributed by atoms with Crippen LogP contribution in [0.25, 0.3) is 0 Å². The third-order valence-electron chi connectivity index (χ3n) is 3.29. The van der Waals surface area contributed by atoms with Crippen LogP contribution in [0.5, 0.6) is 0 Å². The van der Waals surface area contributed by atoms with Gasteiger partial charge in [-0.15, -0.1) is 0 Å². The van der Waals surface area contributed by atoms with Crippen molar-refractivity contribution in [3.05, 3.63) is 11.8 Å². The van der Waals surface area contributed by atoms with Gasteiger partial charge in [0, 0.05) is 19.2 Å². The van der Waals surface area contributed by atoms with Crippen LogP contribution in [0.2, 0.25) is 0 Å². The number of hydrogen-bond acceptors (Lipinski definition) is 3. The fraction of sp³-hybridized carbons (Fsp3) is 0.769. The Kier molecular flexibility index (Phi) is 4.40. The summed E-state index contributed by atoms with van der Waals surface area (Å²) in [5.41, 5.74) is 1.35. The summed E-state index contributed by atoms with van der Waals surface area (Å²) >= 11 is 0. The van der Waals surface area contributed by atoms with E-state index in [4.69, 9.17) is 4.74 Å². The average Bonchev–Trinajstić information content (AvgIpc) is 2.33. The molecule has 0 radical (unpaired) electrons. The zero-order valence-corrected chi connectivity index (χ0v) is 10.2. The lowest BCUT2D eigenvalue weighted by Crippen LogP contribution is -2.33. The van der Waals surface area contributed by atoms with Crippen LogP contribution < -0.4 is 0 Å². The monoisotopic (exact) mass is 222 g/mol. The highest BCUT2D eigenvalue weighted by molar-refractivity contribution is 5.77. The number of allylic oxidation sites excluding steroid dienone is 1. The lowest BCUT2D eigenvalue weighted by Gasteiger charge is -2.26. The maximum atomic E-state index is 5.70. The molecule has 1 fully saturated rings. The first-order valence-electron chi connectivity index (χ1n) is 6.42. The SMILES string of the molecule is CC1=CN=C(OCCN2CCCCC2)CC1. The van der Waals surface area contributed by atoms with Crippen molar-refractivity contribution in [1.82, 2.24) is 4.90 Å². The van der Waals surface area contributed by atoms with Crippen LogP contribution in [-0.2, 0) is 4.74 Å². The van der Waals surface area contributed by atoms with Gasteiger partial charge in [-0.2, -0.15) is 0 Å². The zero-order chi connectivity index (χ0) is 11.2. The second-order valence-corrected chi connectivity index (χ2v) is 4.75.